The molecule has 0 unspecified atom stereocenters. The van der Waals surface area contributed by atoms with Gasteiger partial charge in [-0.2, -0.15) is 0 Å². The SMILES string of the molecule is CN(C)c1ccc(NS(=O)(=O)c2ccc(C(C)(C)C)cc2)cc1. The molecule has 0 aliphatic rings. The molecular formula is C18H24N2O2S. The molecule has 0 aliphatic heterocycles. The Morgan fingerprint density at radius 3 is 1.83 bits per heavy atom. The van der Waals surface area contributed by atoms with Crippen molar-refractivity contribution in [1.29, 1.82) is 0 Å². The van der Waals surface area contributed by atoms with Crippen LogP contribution in [0.4, 0.5) is 11.4 Å². The fraction of sp³-hybridized carbons (Fsp3) is 0.333. The predicted octanol–water partition coefficient (Wildman–Crippen LogP) is 3.85. The van der Waals surface area contributed by atoms with Crippen LogP contribution in [-0.2, 0) is 15.4 Å². The first kappa shape index (κ1) is 17.3. The molecule has 23 heavy (non-hydrogen) atoms. The minimum absolute atomic E-state index is 0.00225. The molecule has 0 atom stereocenters. The molecule has 0 fully saturated rings. The highest BCUT2D eigenvalue weighted by Crippen LogP contribution is 2.24. The zero-order valence-electron chi connectivity index (χ0n) is 14.3. The third-order valence-corrected chi connectivity index (χ3v) is 5.06. The van der Waals surface area contributed by atoms with Crippen LogP contribution in [0.15, 0.2) is 53.4 Å². The summed E-state index contributed by atoms with van der Waals surface area (Å²) >= 11 is 0. The second kappa shape index (κ2) is 6.24. The molecule has 2 aromatic rings. The summed E-state index contributed by atoms with van der Waals surface area (Å²) in [6.07, 6.45) is 0. The molecule has 2 rings (SSSR count). The topological polar surface area (TPSA) is 49.4 Å². The Balaban J connectivity index is 2.21. The number of hydrogen-bond acceptors (Lipinski definition) is 3. The van der Waals surface area contributed by atoms with Crippen molar-refractivity contribution < 1.29 is 8.42 Å². The van der Waals surface area contributed by atoms with Gasteiger partial charge in [-0.1, -0.05) is 32.9 Å². The van der Waals surface area contributed by atoms with E-state index < -0.39 is 10.0 Å². The van der Waals surface area contributed by atoms with Crippen LogP contribution >= 0.6 is 0 Å². The van der Waals surface area contributed by atoms with Crippen LogP contribution in [0.3, 0.4) is 0 Å². The normalized spacial score (nSPS) is 12.0. The Morgan fingerprint density at radius 1 is 0.870 bits per heavy atom. The van der Waals surface area contributed by atoms with Crippen molar-refractivity contribution in [3.63, 3.8) is 0 Å². The number of anilines is 2. The smallest absolute Gasteiger partial charge is 0.261 e. The fourth-order valence-corrected chi connectivity index (χ4v) is 3.23. The maximum Gasteiger partial charge on any atom is 0.261 e. The van der Waals surface area contributed by atoms with E-state index in [2.05, 4.69) is 25.5 Å². The lowest BCUT2D eigenvalue weighted by Gasteiger charge is -2.19. The number of nitrogens with one attached hydrogen (secondary N) is 1. The summed E-state index contributed by atoms with van der Waals surface area (Å²) in [6, 6.07) is 14.3. The summed E-state index contributed by atoms with van der Waals surface area (Å²) in [4.78, 5) is 2.23. The third-order valence-electron chi connectivity index (χ3n) is 3.67. The van der Waals surface area contributed by atoms with Gasteiger partial charge in [0.2, 0.25) is 0 Å². The summed E-state index contributed by atoms with van der Waals surface area (Å²) < 4.78 is 27.5. The highest BCUT2D eigenvalue weighted by molar-refractivity contribution is 7.92. The van der Waals surface area contributed by atoms with Gasteiger partial charge in [-0.25, -0.2) is 8.42 Å². The Labute approximate surface area is 139 Å². The van der Waals surface area contributed by atoms with E-state index in [0.717, 1.165) is 11.3 Å². The van der Waals surface area contributed by atoms with E-state index in [9.17, 15) is 8.42 Å². The summed E-state index contributed by atoms with van der Waals surface area (Å²) in [5.74, 6) is 0. The highest BCUT2D eigenvalue weighted by Gasteiger charge is 2.17. The second-order valence-electron chi connectivity index (χ2n) is 6.82. The molecule has 0 aliphatic carbocycles. The third kappa shape index (κ3) is 4.26. The molecule has 0 saturated heterocycles. The van der Waals surface area contributed by atoms with E-state index in [4.69, 9.17) is 0 Å². The Kier molecular flexibility index (Phi) is 4.71. The van der Waals surface area contributed by atoms with Crippen LogP contribution in [0.1, 0.15) is 26.3 Å². The molecule has 0 bridgehead atoms. The van der Waals surface area contributed by atoms with Gasteiger partial charge in [-0.15, -0.1) is 0 Å². The molecule has 1 N–H and O–H groups in total. The van der Waals surface area contributed by atoms with Crippen molar-refractivity contribution in [3.05, 3.63) is 54.1 Å². The Hall–Kier alpha value is -2.01. The quantitative estimate of drug-likeness (QED) is 0.925. The standard InChI is InChI=1S/C18H24N2O2S/c1-18(2,3)14-6-12-17(13-7-14)23(21,22)19-15-8-10-16(11-9-15)20(4)5/h6-13,19H,1-5H3. The van der Waals surface area contributed by atoms with Gasteiger partial charge in [-0.3, -0.25) is 4.72 Å². The molecule has 0 saturated carbocycles. The van der Waals surface area contributed by atoms with Crippen LogP contribution in [-0.4, -0.2) is 22.5 Å². The fourth-order valence-electron chi connectivity index (χ4n) is 2.18. The number of hydrogen-bond donors (Lipinski definition) is 1. The lowest BCUT2D eigenvalue weighted by Crippen LogP contribution is -2.15. The number of rotatable bonds is 4. The van der Waals surface area contributed by atoms with Crippen molar-refractivity contribution in [3.8, 4) is 0 Å². The van der Waals surface area contributed by atoms with E-state index in [1.54, 1.807) is 24.3 Å². The lowest BCUT2D eigenvalue weighted by atomic mass is 9.87. The van der Waals surface area contributed by atoms with E-state index in [1.807, 2.05) is 43.3 Å². The van der Waals surface area contributed by atoms with Gasteiger partial charge in [0, 0.05) is 25.5 Å². The van der Waals surface area contributed by atoms with Crippen LogP contribution in [0.5, 0.6) is 0 Å². The number of sulfonamides is 1. The second-order valence-corrected chi connectivity index (χ2v) is 8.50. The van der Waals surface area contributed by atoms with Crippen molar-refractivity contribution in [2.75, 3.05) is 23.7 Å². The van der Waals surface area contributed by atoms with Gasteiger partial charge in [0.15, 0.2) is 0 Å². The van der Waals surface area contributed by atoms with Gasteiger partial charge >= 0.3 is 0 Å². The summed E-state index contributed by atoms with van der Waals surface area (Å²) in [7, 11) is 0.309. The zero-order chi connectivity index (χ0) is 17.3. The minimum Gasteiger partial charge on any atom is -0.378 e. The molecule has 0 heterocycles. The first-order valence-electron chi connectivity index (χ1n) is 7.50. The molecule has 4 nitrogen and oxygen atoms in total. The van der Waals surface area contributed by atoms with Crippen molar-refractivity contribution in [2.45, 2.75) is 31.1 Å². The van der Waals surface area contributed by atoms with Gasteiger partial charge in [0.25, 0.3) is 10.0 Å². The monoisotopic (exact) mass is 332 g/mol. The molecule has 0 spiro atoms. The molecule has 2 aromatic carbocycles. The largest absolute Gasteiger partial charge is 0.378 e. The van der Waals surface area contributed by atoms with E-state index in [-0.39, 0.29) is 10.3 Å². The Bertz CT molecular complexity index is 756. The van der Waals surface area contributed by atoms with Gasteiger partial charge in [0.1, 0.15) is 0 Å². The lowest BCUT2D eigenvalue weighted by molar-refractivity contribution is 0.587. The number of benzene rings is 2. The summed E-state index contributed by atoms with van der Waals surface area (Å²) in [6.45, 7) is 6.29. The molecule has 0 radical (unpaired) electrons. The molecule has 5 heteroatoms. The van der Waals surface area contributed by atoms with Crippen LogP contribution in [0.25, 0.3) is 0 Å². The molecule has 124 valence electrons. The minimum atomic E-state index is -3.57. The van der Waals surface area contributed by atoms with Gasteiger partial charge < -0.3 is 4.90 Å². The maximum atomic E-state index is 12.5. The maximum absolute atomic E-state index is 12.5. The molecule has 0 amide bonds. The van der Waals surface area contributed by atoms with E-state index in [0.29, 0.717) is 5.69 Å². The molecular weight excluding hydrogens is 308 g/mol. The van der Waals surface area contributed by atoms with Crippen LogP contribution < -0.4 is 9.62 Å². The summed E-state index contributed by atoms with van der Waals surface area (Å²) in [5.41, 5.74) is 2.67. The highest BCUT2D eigenvalue weighted by atomic mass is 32.2. The van der Waals surface area contributed by atoms with E-state index >= 15 is 0 Å². The van der Waals surface area contributed by atoms with Crippen LogP contribution in [0.2, 0.25) is 0 Å². The summed E-state index contributed by atoms with van der Waals surface area (Å²) in [5, 5.41) is 0. The van der Waals surface area contributed by atoms with Crippen molar-refractivity contribution in [1.82, 2.24) is 0 Å². The van der Waals surface area contributed by atoms with Crippen molar-refractivity contribution in [2.24, 2.45) is 0 Å². The average Bonchev–Trinajstić information content (AvgIpc) is 2.46. The first-order valence-corrected chi connectivity index (χ1v) is 8.99. The predicted molar refractivity (Wildman–Crippen MR) is 96.7 cm³/mol. The average molecular weight is 332 g/mol. The van der Waals surface area contributed by atoms with Gasteiger partial charge in [-0.05, 0) is 47.4 Å². The molecule has 0 aromatic heterocycles. The van der Waals surface area contributed by atoms with E-state index in [1.165, 1.54) is 0 Å². The zero-order valence-corrected chi connectivity index (χ0v) is 15.1. The Morgan fingerprint density at radius 2 is 1.39 bits per heavy atom. The van der Waals surface area contributed by atoms with Crippen LogP contribution in [0, 0.1) is 0 Å². The van der Waals surface area contributed by atoms with Gasteiger partial charge in [0.05, 0.1) is 4.90 Å². The van der Waals surface area contributed by atoms with Crippen molar-refractivity contribution >= 4 is 21.4 Å². The first-order chi connectivity index (χ1) is 10.6. The number of nitrogens with zero attached hydrogens (tertiary/aromatic N) is 1.